The summed E-state index contributed by atoms with van der Waals surface area (Å²) < 4.78 is 0. The van der Waals surface area contributed by atoms with Crippen LogP contribution in [-0.4, -0.2) is 18.1 Å². The highest BCUT2D eigenvalue weighted by Gasteiger charge is 2.13. The van der Waals surface area contributed by atoms with Crippen LogP contribution < -0.4 is 10.6 Å². The molecule has 104 valence electrons. The summed E-state index contributed by atoms with van der Waals surface area (Å²) in [5.74, 6) is -0.0143. The van der Waals surface area contributed by atoms with Crippen molar-refractivity contribution in [3.05, 3.63) is 30.0 Å². The maximum absolute atomic E-state index is 9.03. The van der Waals surface area contributed by atoms with Gasteiger partial charge in [-0.2, -0.15) is 5.26 Å². The van der Waals surface area contributed by atoms with Crippen molar-refractivity contribution >= 4 is 22.3 Å². The molecule has 0 saturated carbocycles. The highest BCUT2D eigenvalue weighted by molar-refractivity contribution is 5.94. The maximum atomic E-state index is 9.03. The van der Waals surface area contributed by atoms with Crippen molar-refractivity contribution < 1.29 is 0 Å². The second-order valence-corrected chi connectivity index (χ2v) is 5.13. The smallest absolute Gasteiger partial charge is 0.0727 e. The highest BCUT2D eigenvalue weighted by atomic mass is 15.1. The standard InChI is InChI=1S/C16H20N4/c1-4-20(10-11(2)9-17)16-7-12(3)19-15-6-5-13(18)8-14(15)16/h5-8,11H,4,10,18H2,1-3H3. The number of aromatic nitrogens is 1. The Morgan fingerprint density at radius 1 is 1.40 bits per heavy atom. The molecule has 0 bridgehead atoms. The average molecular weight is 268 g/mol. The summed E-state index contributed by atoms with van der Waals surface area (Å²) in [4.78, 5) is 6.76. The normalized spacial score (nSPS) is 12.1. The van der Waals surface area contributed by atoms with Crippen LogP contribution in [0.25, 0.3) is 10.9 Å². The van der Waals surface area contributed by atoms with Crippen LogP contribution in [0, 0.1) is 24.2 Å². The molecule has 1 aromatic carbocycles. The molecule has 0 saturated heterocycles. The SMILES string of the molecule is CCN(CC(C)C#N)c1cc(C)nc2ccc(N)cc12. The van der Waals surface area contributed by atoms with E-state index in [9.17, 15) is 0 Å². The molecule has 2 aromatic rings. The van der Waals surface area contributed by atoms with Gasteiger partial charge in [-0.25, -0.2) is 0 Å². The van der Waals surface area contributed by atoms with E-state index in [1.807, 2.05) is 32.0 Å². The first-order valence-electron chi connectivity index (χ1n) is 6.86. The molecule has 4 heteroatoms. The van der Waals surface area contributed by atoms with Gasteiger partial charge in [0, 0.05) is 35.5 Å². The van der Waals surface area contributed by atoms with Crippen LogP contribution in [-0.2, 0) is 0 Å². The summed E-state index contributed by atoms with van der Waals surface area (Å²) >= 11 is 0. The van der Waals surface area contributed by atoms with Crippen LogP contribution in [0.1, 0.15) is 19.5 Å². The van der Waals surface area contributed by atoms with Crippen molar-refractivity contribution in [1.82, 2.24) is 4.98 Å². The van der Waals surface area contributed by atoms with E-state index >= 15 is 0 Å². The lowest BCUT2D eigenvalue weighted by Crippen LogP contribution is -2.28. The molecule has 0 aliphatic rings. The number of benzene rings is 1. The average Bonchev–Trinajstić information content (AvgIpc) is 2.44. The Kier molecular flexibility index (Phi) is 4.09. The third kappa shape index (κ3) is 2.83. The summed E-state index contributed by atoms with van der Waals surface area (Å²) in [6.07, 6.45) is 0. The fourth-order valence-corrected chi connectivity index (χ4v) is 2.39. The molecule has 1 unspecified atom stereocenters. The first-order valence-corrected chi connectivity index (χ1v) is 6.86. The largest absolute Gasteiger partial charge is 0.399 e. The topological polar surface area (TPSA) is 65.9 Å². The van der Waals surface area contributed by atoms with Gasteiger partial charge in [0.15, 0.2) is 0 Å². The molecule has 0 aliphatic carbocycles. The number of nitrogen functional groups attached to an aromatic ring is 1. The molecule has 4 nitrogen and oxygen atoms in total. The van der Waals surface area contributed by atoms with E-state index in [1.54, 1.807) is 0 Å². The first-order chi connectivity index (χ1) is 9.55. The number of fused-ring (bicyclic) bond motifs is 1. The van der Waals surface area contributed by atoms with Gasteiger partial charge in [-0.3, -0.25) is 4.98 Å². The zero-order chi connectivity index (χ0) is 14.7. The molecular weight excluding hydrogens is 248 g/mol. The number of anilines is 2. The Bertz CT molecular complexity index is 657. The summed E-state index contributed by atoms with van der Waals surface area (Å²) in [6.45, 7) is 7.58. The van der Waals surface area contributed by atoms with Crippen LogP contribution in [0.3, 0.4) is 0 Å². The predicted molar refractivity (Wildman–Crippen MR) is 83.6 cm³/mol. The summed E-state index contributed by atoms with van der Waals surface area (Å²) in [5.41, 5.74) is 9.65. The Balaban J connectivity index is 2.56. The molecule has 2 rings (SSSR count). The Morgan fingerprint density at radius 2 is 2.15 bits per heavy atom. The fourth-order valence-electron chi connectivity index (χ4n) is 2.39. The van der Waals surface area contributed by atoms with Crippen molar-refractivity contribution in [1.29, 1.82) is 5.26 Å². The third-order valence-corrected chi connectivity index (χ3v) is 3.38. The minimum absolute atomic E-state index is 0.0143. The van der Waals surface area contributed by atoms with Crippen LogP contribution >= 0.6 is 0 Å². The second-order valence-electron chi connectivity index (χ2n) is 5.13. The molecular formula is C16H20N4. The quantitative estimate of drug-likeness (QED) is 0.865. The highest BCUT2D eigenvalue weighted by Crippen LogP contribution is 2.29. The number of aryl methyl sites for hydroxylation is 1. The molecule has 20 heavy (non-hydrogen) atoms. The van der Waals surface area contributed by atoms with Gasteiger partial charge in [-0.15, -0.1) is 0 Å². The zero-order valence-corrected chi connectivity index (χ0v) is 12.2. The molecule has 0 spiro atoms. The number of pyridine rings is 1. The molecule has 1 aromatic heterocycles. The van der Waals surface area contributed by atoms with Gasteiger partial charge in [0.25, 0.3) is 0 Å². The molecule has 0 aliphatic heterocycles. The van der Waals surface area contributed by atoms with Gasteiger partial charge in [-0.05, 0) is 45.0 Å². The van der Waals surface area contributed by atoms with E-state index in [2.05, 4.69) is 28.9 Å². The summed E-state index contributed by atoms with van der Waals surface area (Å²) in [6, 6.07) is 10.1. The number of nitrogens with two attached hydrogens (primary N) is 1. The molecule has 1 atom stereocenters. The lowest BCUT2D eigenvalue weighted by Gasteiger charge is -2.26. The van der Waals surface area contributed by atoms with E-state index in [4.69, 9.17) is 11.0 Å². The van der Waals surface area contributed by atoms with Crippen LogP contribution in [0.5, 0.6) is 0 Å². The van der Waals surface area contributed by atoms with Gasteiger partial charge in [0.05, 0.1) is 17.5 Å². The first kappa shape index (κ1) is 14.1. The van der Waals surface area contributed by atoms with E-state index in [1.165, 1.54) is 0 Å². The van der Waals surface area contributed by atoms with Gasteiger partial charge in [-0.1, -0.05) is 0 Å². The monoisotopic (exact) mass is 268 g/mol. The van der Waals surface area contributed by atoms with Gasteiger partial charge >= 0.3 is 0 Å². The number of nitriles is 1. The lowest BCUT2D eigenvalue weighted by atomic mass is 10.1. The molecule has 1 heterocycles. The van der Waals surface area contributed by atoms with Gasteiger partial charge in [0.1, 0.15) is 0 Å². The van der Waals surface area contributed by atoms with Crippen molar-refractivity contribution in [2.24, 2.45) is 5.92 Å². The predicted octanol–water partition coefficient (Wildman–Crippen LogP) is 3.11. The van der Waals surface area contributed by atoms with E-state index in [0.29, 0.717) is 6.54 Å². The van der Waals surface area contributed by atoms with Crippen LogP contribution in [0.4, 0.5) is 11.4 Å². The summed E-state index contributed by atoms with van der Waals surface area (Å²) in [5, 5.41) is 10.1. The Morgan fingerprint density at radius 3 is 2.80 bits per heavy atom. The van der Waals surface area contributed by atoms with E-state index in [-0.39, 0.29) is 5.92 Å². The molecule has 0 radical (unpaired) electrons. The summed E-state index contributed by atoms with van der Waals surface area (Å²) in [7, 11) is 0. The number of nitrogens with zero attached hydrogens (tertiary/aromatic N) is 3. The number of rotatable bonds is 4. The van der Waals surface area contributed by atoms with E-state index < -0.39 is 0 Å². The van der Waals surface area contributed by atoms with Crippen LogP contribution in [0.2, 0.25) is 0 Å². The Hall–Kier alpha value is -2.28. The second kappa shape index (κ2) is 5.79. The van der Waals surface area contributed by atoms with E-state index in [0.717, 1.165) is 34.5 Å². The fraction of sp³-hybridized carbons (Fsp3) is 0.375. The molecule has 0 amide bonds. The Labute approximate surface area is 119 Å². The minimum Gasteiger partial charge on any atom is -0.399 e. The number of hydrogen-bond acceptors (Lipinski definition) is 4. The van der Waals surface area contributed by atoms with Crippen molar-refractivity contribution in [3.63, 3.8) is 0 Å². The molecule has 2 N–H and O–H groups in total. The van der Waals surface area contributed by atoms with Crippen LogP contribution in [0.15, 0.2) is 24.3 Å². The lowest BCUT2D eigenvalue weighted by molar-refractivity contribution is 0.687. The maximum Gasteiger partial charge on any atom is 0.0727 e. The van der Waals surface area contributed by atoms with Crippen molar-refractivity contribution in [2.75, 3.05) is 23.7 Å². The third-order valence-electron chi connectivity index (χ3n) is 3.38. The molecule has 0 fully saturated rings. The van der Waals surface area contributed by atoms with Crippen molar-refractivity contribution in [2.45, 2.75) is 20.8 Å². The van der Waals surface area contributed by atoms with Gasteiger partial charge < -0.3 is 10.6 Å². The minimum atomic E-state index is -0.0143. The zero-order valence-electron chi connectivity index (χ0n) is 12.2. The van der Waals surface area contributed by atoms with Gasteiger partial charge in [0.2, 0.25) is 0 Å². The number of hydrogen-bond donors (Lipinski definition) is 1. The van der Waals surface area contributed by atoms with Crippen molar-refractivity contribution in [3.8, 4) is 6.07 Å².